The van der Waals surface area contributed by atoms with Crippen LogP contribution in [0, 0.1) is 17.2 Å². The molecule has 1 N–H and O–H groups in total. The van der Waals surface area contributed by atoms with E-state index in [9.17, 15) is 10.1 Å². The van der Waals surface area contributed by atoms with Gasteiger partial charge in [0.2, 0.25) is 0 Å². The molecule has 0 heterocycles. The number of amides is 1. The fraction of sp³-hybridized carbons (Fsp3) is 0.556. The van der Waals surface area contributed by atoms with Crippen LogP contribution in [0.5, 0.6) is 5.75 Å². The van der Waals surface area contributed by atoms with Gasteiger partial charge in [-0.15, -0.1) is 0 Å². The summed E-state index contributed by atoms with van der Waals surface area (Å²) in [6.07, 6.45) is 0. The molecule has 1 aromatic rings. The Morgan fingerprint density at radius 1 is 1.23 bits per heavy atom. The molecule has 0 spiro atoms. The van der Waals surface area contributed by atoms with E-state index in [0.29, 0.717) is 5.75 Å². The van der Waals surface area contributed by atoms with E-state index in [1.807, 2.05) is 38.1 Å². The molecule has 0 radical (unpaired) electrons. The van der Waals surface area contributed by atoms with Gasteiger partial charge in [0.05, 0.1) is 6.07 Å². The molecule has 1 aromatic carbocycles. The van der Waals surface area contributed by atoms with Gasteiger partial charge in [0.15, 0.2) is 6.61 Å². The van der Waals surface area contributed by atoms with E-state index in [2.05, 4.69) is 32.2 Å². The first-order chi connectivity index (χ1) is 10.1. The number of rotatable bonds is 5. The van der Waals surface area contributed by atoms with Crippen LogP contribution in [0.1, 0.15) is 47.1 Å². The van der Waals surface area contributed by atoms with Crippen LogP contribution in [0.15, 0.2) is 24.3 Å². The topological polar surface area (TPSA) is 62.1 Å². The Labute approximate surface area is 133 Å². The van der Waals surface area contributed by atoms with E-state index >= 15 is 0 Å². The van der Waals surface area contributed by atoms with Gasteiger partial charge in [-0.25, -0.2) is 0 Å². The highest BCUT2D eigenvalue weighted by molar-refractivity contribution is 5.78. The zero-order chi connectivity index (χ0) is 17.0. The minimum absolute atomic E-state index is 0.0209. The molecule has 4 nitrogen and oxygen atoms in total. The third-order valence-electron chi connectivity index (χ3n) is 3.88. The van der Waals surface area contributed by atoms with Crippen molar-refractivity contribution in [1.29, 1.82) is 5.26 Å². The fourth-order valence-electron chi connectivity index (χ4n) is 1.83. The number of benzene rings is 1. The zero-order valence-electron chi connectivity index (χ0n) is 14.4. The van der Waals surface area contributed by atoms with Crippen LogP contribution in [0.25, 0.3) is 0 Å². The summed E-state index contributed by atoms with van der Waals surface area (Å²) in [4.78, 5) is 11.9. The summed E-state index contributed by atoms with van der Waals surface area (Å²) in [5, 5.41) is 11.9. The van der Waals surface area contributed by atoms with E-state index in [-0.39, 0.29) is 23.8 Å². The first-order valence-electron chi connectivity index (χ1n) is 7.54. The quantitative estimate of drug-likeness (QED) is 0.906. The van der Waals surface area contributed by atoms with Crippen molar-refractivity contribution < 1.29 is 9.53 Å². The molecule has 0 aromatic heterocycles. The predicted molar refractivity (Wildman–Crippen MR) is 87.6 cm³/mol. The first kappa shape index (κ1) is 18.0. The molecular formula is C18H26N2O2. The lowest BCUT2D eigenvalue weighted by Crippen LogP contribution is -2.50. The number of hydrogen-bond acceptors (Lipinski definition) is 3. The highest BCUT2D eigenvalue weighted by atomic mass is 16.5. The fourth-order valence-corrected chi connectivity index (χ4v) is 1.83. The Morgan fingerprint density at radius 2 is 1.77 bits per heavy atom. The number of carbonyl (C=O) groups excluding carboxylic acids is 1. The van der Waals surface area contributed by atoms with E-state index < -0.39 is 5.54 Å². The Balaban J connectivity index is 2.60. The summed E-state index contributed by atoms with van der Waals surface area (Å²) >= 11 is 0. The summed E-state index contributed by atoms with van der Waals surface area (Å²) in [6.45, 7) is 11.8. The van der Waals surface area contributed by atoms with E-state index in [1.54, 1.807) is 6.92 Å². The minimum atomic E-state index is -0.878. The van der Waals surface area contributed by atoms with Gasteiger partial charge in [-0.05, 0) is 36.0 Å². The number of ether oxygens (including phenoxy) is 1. The van der Waals surface area contributed by atoms with Gasteiger partial charge in [0.1, 0.15) is 11.3 Å². The maximum absolute atomic E-state index is 11.9. The number of nitrogens with one attached hydrogen (secondary N) is 1. The smallest absolute Gasteiger partial charge is 0.259 e. The first-order valence-corrected chi connectivity index (χ1v) is 7.54. The Bertz CT molecular complexity index is 550. The van der Waals surface area contributed by atoms with Crippen molar-refractivity contribution in [2.45, 2.75) is 52.5 Å². The van der Waals surface area contributed by atoms with Crippen LogP contribution in [0.4, 0.5) is 0 Å². The second kappa shape index (κ2) is 6.83. The summed E-state index contributed by atoms with van der Waals surface area (Å²) in [7, 11) is 0. The lowest BCUT2D eigenvalue weighted by Gasteiger charge is -2.27. The standard InChI is InChI=1S/C18H26N2O2/c1-13(2)18(6,12-19)20-16(21)11-22-15-9-7-14(8-10-15)17(3,4)5/h7-10,13H,11H2,1-6H3,(H,20,21)/t18-/m0/s1. The molecule has 0 unspecified atom stereocenters. The van der Waals surface area contributed by atoms with E-state index in [1.165, 1.54) is 5.56 Å². The number of carbonyl (C=O) groups is 1. The van der Waals surface area contributed by atoms with Crippen molar-refractivity contribution in [3.05, 3.63) is 29.8 Å². The molecule has 0 aliphatic rings. The second-order valence-electron chi connectivity index (χ2n) is 7.08. The lowest BCUT2D eigenvalue weighted by molar-refractivity contribution is -0.124. The second-order valence-corrected chi connectivity index (χ2v) is 7.08. The van der Waals surface area contributed by atoms with Gasteiger partial charge in [0, 0.05) is 0 Å². The van der Waals surface area contributed by atoms with Gasteiger partial charge < -0.3 is 10.1 Å². The Hall–Kier alpha value is -2.02. The van der Waals surface area contributed by atoms with Crippen LogP contribution in [0.2, 0.25) is 0 Å². The van der Waals surface area contributed by atoms with Gasteiger partial charge in [-0.1, -0.05) is 46.8 Å². The summed E-state index contributed by atoms with van der Waals surface area (Å²) < 4.78 is 5.48. The normalized spacial score (nSPS) is 14.1. The highest BCUT2D eigenvalue weighted by Gasteiger charge is 2.30. The van der Waals surface area contributed by atoms with Gasteiger partial charge in [-0.2, -0.15) is 5.26 Å². The Kier molecular flexibility index (Phi) is 5.59. The van der Waals surface area contributed by atoms with Crippen molar-refractivity contribution in [2.24, 2.45) is 5.92 Å². The molecular weight excluding hydrogens is 276 g/mol. The highest BCUT2D eigenvalue weighted by Crippen LogP contribution is 2.24. The van der Waals surface area contributed by atoms with Crippen molar-refractivity contribution in [1.82, 2.24) is 5.32 Å². The molecule has 1 rings (SSSR count). The lowest BCUT2D eigenvalue weighted by atomic mass is 9.87. The van der Waals surface area contributed by atoms with E-state index in [4.69, 9.17) is 4.74 Å². The summed E-state index contributed by atoms with van der Waals surface area (Å²) in [6, 6.07) is 9.87. The zero-order valence-corrected chi connectivity index (χ0v) is 14.4. The predicted octanol–water partition coefficient (Wildman–Crippen LogP) is 3.42. The number of hydrogen-bond donors (Lipinski definition) is 1. The van der Waals surface area contributed by atoms with Crippen molar-refractivity contribution >= 4 is 5.91 Å². The van der Waals surface area contributed by atoms with Crippen molar-refractivity contribution in [3.8, 4) is 11.8 Å². The molecule has 1 atom stereocenters. The van der Waals surface area contributed by atoms with Gasteiger partial charge in [-0.3, -0.25) is 4.79 Å². The molecule has 0 aliphatic heterocycles. The third kappa shape index (κ3) is 4.77. The van der Waals surface area contributed by atoms with Crippen LogP contribution >= 0.6 is 0 Å². The monoisotopic (exact) mass is 302 g/mol. The molecule has 0 saturated carbocycles. The van der Waals surface area contributed by atoms with Crippen LogP contribution < -0.4 is 10.1 Å². The Morgan fingerprint density at radius 3 is 2.18 bits per heavy atom. The number of nitrogens with zero attached hydrogens (tertiary/aromatic N) is 1. The molecule has 0 fully saturated rings. The maximum atomic E-state index is 11.9. The largest absolute Gasteiger partial charge is 0.484 e. The maximum Gasteiger partial charge on any atom is 0.259 e. The average Bonchev–Trinajstić information content (AvgIpc) is 2.44. The molecule has 1 amide bonds. The SMILES string of the molecule is CC(C)[C@](C)(C#N)NC(=O)COc1ccc(C(C)(C)C)cc1. The number of nitriles is 1. The van der Waals surface area contributed by atoms with Crippen LogP contribution in [0.3, 0.4) is 0 Å². The molecule has 0 bridgehead atoms. The van der Waals surface area contributed by atoms with Crippen molar-refractivity contribution in [2.75, 3.05) is 6.61 Å². The summed E-state index contributed by atoms with van der Waals surface area (Å²) in [5.41, 5.74) is 0.416. The van der Waals surface area contributed by atoms with Crippen molar-refractivity contribution in [3.63, 3.8) is 0 Å². The molecule has 22 heavy (non-hydrogen) atoms. The molecule has 4 heteroatoms. The van der Waals surface area contributed by atoms with Gasteiger partial charge in [0.25, 0.3) is 5.91 Å². The average molecular weight is 302 g/mol. The third-order valence-corrected chi connectivity index (χ3v) is 3.88. The molecule has 0 aliphatic carbocycles. The van der Waals surface area contributed by atoms with Gasteiger partial charge >= 0.3 is 0 Å². The molecule has 120 valence electrons. The summed E-state index contributed by atoms with van der Waals surface area (Å²) in [5.74, 6) is 0.372. The van der Waals surface area contributed by atoms with Crippen LogP contribution in [-0.4, -0.2) is 18.1 Å². The van der Waals surface area contributed by atoms with E-state index in [0.717, 1.165) is 0 Å². The van der Waals surface area contributed by atoms with Crippen LogP contribution in [-0.2, 0) is 10.2 Å². The minimum Gasteiger partial charge on any atom is -0.484 e. The molecule has 0 saturated heterocycles.